The molecule has 15 nitrogen and oxygen atoms in total. The minimum absolute atomic E-state index is 0.0327. The van der Waals surface area contributed by atoms with E-state index in [1.54, 1.807) is 0 Å². The molecule has 1 heterocycles. The number of hydrogen-bond donors (Lipinski definition) is 7. The molecule has 0 bridgehead atoms. The number of amides is 3. The number of likely N-dealkylation sites (tertiary alicyclic amines) is 1. The third kappa shape index (κ3) is 8.72. The molecule has 0 radical (unpaired) electrons. The maximum atomic E-state index is 12.8. The van der Waals surface area contributed by atoms with E-state index in [1.807, 2.05) is 0 Å². The van der Waals surface area contributed by atoms with E-state index in [-0.39, 0.29) is 13.0 Å². The first-order valence-electron chi connectivity index (χ1n) is 9.88. The zero-order valence-electron chi connectivity index (χ0n) is 17.4. The average Bonchev–Trinajstić information content (AvgIpc) is 3.18. The van der Waals surface area contributed by atoms with Crippen LogP contribution in [0.15, 0.2) is 0 Å². The quantitative estimate of drug-likeness (QED) is 0.143. The Kier molecular flexibility index (Phi) is 10.2. The molecule has 15 heteroatoms. The highest BCUT2D eigenvalue weighted by Gasteiger charge is 2.39. The molecule has 33 heavy (non-hydrogen) atoms. The summed E-state index contributed by atoms with van der Waals surface area (Å²) in [6, 6.07) is -6.01. The second kappa shape index (κ2) is 12.3. The molecule has 1 fully saturated rings. The molecule has 3 amide bonds. The maximum absolute atomic E-state index is 12.8. The summed E-state index contributed by atoms with van der Waals surface area (Å²) in [5, 5.41) is 40.2. The van der Waals surface area contributed by atoms with Crippen LogP contribution in [0, 0.1) is 0 Å². The zero-order chi connectivity index (χ0) is 25.3. The summed E-state index contributed by atoms with van der Waals surface area (Å²) in [5.41, 5.74) is 5.43. The highest BCUT2D eigenvalue weighted by molar-refractivity contribution is 5.96. The van der Waals surface area contributed by atoms with Crippen LogP contribution in [-0.2, 0) is 33.6 Å². The van der Waals surface area contributed by atoms with Crippen LogP contribution in [0.3, 0.4) is 0 Å². The van der Waals surface area contributed by atoms with E-state index in [0.29, 0.717) is 6.42 Å². The number of carbonyl (C=O) groups excluding carboxylic acids is 3. The Labute approximate surface area is 186 Å². The van der Waals surface area contributed by atoms with Gasteiger partial charge in [0.15, 0.2) is 0 Å². The largest absolute Gasteiger partial charge is 0.481 e. The Morgan fingerprint density at radius 2 is 1.42 bits per heavy atom. The third-order valence-corrected chi connectivity index (χ3v) is 4.83. The Morgan fingerprint density at radius 1 is 0.848 bits per heavy atom. The van der Waals surface area contributed by atoms with Crippen molar-refractivity contribution in [1.82, 2.24) is 15.5 Å². The molecule has 1 aliphatic heterocycles. The van der Waals surface area contributed by atoms with Gasteiger partial charge in [0.2, 0.25) is 17.7 Å². The fraction of sp³-hybridized carbons (Fsp3) is 0.611. The van der Waals surface area contributed by atoms with E-state index in [0.717, 1.165) is 4.90 Å². The zero-order valence-corrected chi connectivity index (χ0v) is 17.4. The van der Waals surface area contributed by atoms with Crippen molar-refractivity contribution in [2.75, 3.05) is 6.54 Å². The number of nitrogens with zero attached hydrogens (tertiary/aromatic N) is 1. The van der Waals surface area contributed by atoms with Crippen LogP contribution >= 0.6 is 0 Å². The monoisotopic (exact) mass is 474 g/mol. The number of hydrogen-bond acceptors (Lipinski definition) is 8. The molecule has 1 aliphatic rings. The van der Waals surface area contributed by atoms with E-state index >= 15 is 0 Å². The number of nitrogens with two attached hydrogens (primary N) is 1. The fourth-order valence-electron chi connectivity index (χ4n) is 3.23. The molecule has 4 unspecified atom stereocenters. The van der Waals surface area contributed by atoms with Crippen molar-refractivity contribution in [2.24, 2.45) is 5.73 Å². The van der Waals surface area contributed by atoms with Gasteiger partial charge in [-0.05, 0) is 19.3 Å². The summed E-state index contributed by atoms with van der Waals surface area (Å²) in [6.45, 7) is 0.0327. The first kappa shape index (κ1) is 27.3. The van der Waals surface area contributed by atoms with E-state index in [2.05, 4.69) is 10.6 Å². The van der Waals surface area contributed by atoms with Crippen molar-refractivity contribution in [3.05, 3.63) is 0 Å². The Morgan fingerprint density at radius 3 is 1.94 bits per heavy atom. The smallest absolute Gasteiger partial charge is 0.326 e. The predicted molar refractivity (Wildman–Crippen MR) is 106 cm³/mol. The minimum Gasteiger partial charge on any atom is -0.481 e. The molecule has 0 aromatic rings. The lowest BCUT2D eigenvalue weighted by atomic mass is 10.1. The number of nitrogens with one attached hydrogen (secondary N) is 2. The topological polar surface area (TPSA) is 254 Å². The van der Waals surface area contributed by atoms with E-state index in [9.17, 15) is 38.7 Å². The van der Waals surface area contributed by atoms with Gasteiger partial charge >= 0.3 is 23.9 Å². The van der Waals surface area contributed by atoms with Gasteiger partial charge in [-0.2, -0.15) is 0 Å². The molecule has 8 N–H and O–H groups in total. The molecular formula is C18H26N4O11. The highest BCUT2D eigenvalue weighted by atomic mass is 16.4. The van der Waals surface area contributed by atoms with Crippen LogP contribution < -0.4 is 16.4 Å². The average molecular weight is 474 g/mol. The van der Waals surface area contributed by atoms with Gasteiger partial charge in [-0.3, -0.25) is 28.8 Å². The molecule has 1 saturated heterocycles. The van der Waals surface area contributed by atoms with Crippen molar-refractivity contribution in [1.29, 1.82) is 0 Å². The maximum Gasteiger partial charge on any atom is 0.326 e. The third-order valence-electron chi connectivity index (χ3n) is 4.83. The van der Waals surface area contributed by atoms with Crippen molar-refractivity contribution in [3.8, 4) is 0 Å². The molecule has 0 aromatic heterocycles. The van der Waals surface area contributed by atoms with E-state index < -0.39 is 91.4 Å². The lowest BCUT2D eigenvalue weighted by molar-refractivity contribution is -0.150. The van der Waals surface area contributed by atoms with Gasteiger partial charge in [-0.25, -0.2) is 4.79 Å². The van der Waals surface area contributed by atoms with E-state index in [4.69, 9.17) is 21.1 Å². The second-order valence-electron chi connectivity index (χ2n) is 7.38. The Hall–Kier alpha value is -3.75. The Bertz CT molecular complexity index is 815. The summed E-state index contributed by atoms with van der Waals surface area (Å²) >= 11 is 0. The van der Waals surface area contributed by atoms with Crippen LogP contribution in [0.5, 0.6) is 0 Å². The summed E-state index contributed by atoms with van der Waals surface area (Å²) in [5.74, 6) is -8.63. The number of aliphatic carboxylic acids is 4. The first-order valence-corrected chi connectivity index (χ1v) is 9.88. The molecule has 0 aliphatic carbocycles. The van der Waals surface area contributed by atoms with E-state index in [1.165, 1.54) is 0 Å². The standard InChI is InChI=1S/C18H26N4O11/c19-8(6-13(25)26)15(29)20-9(3-4-12(23)24)16(30)21-10(7-14(27)28)17(31)22-5-1-2-11(22)18(32)33/h8-11H,1-7,19H2,(H,20,29)(H,21,30)(H,23,24)(H,25,26)(H,27,28)(H,32,33). The van der Waals surface area contributed by atoms with Crippen molar-refractivity contribution in [3.63, 3.8) is 0 Å². The highest BCUT2D eigenvalue weighted by Crippen LogP contribution is 2.19. The first-order chi connectivity index (χ1) is 15.3. The molecular weight excluding hydrogens is 448 g/mol. The minimum atomic E-state index is -1.69. The van der Waals surface area contributed by atoms with Crippen LogP contribution in [-0.4, -0.2) is 97.6 Å². The van der Waals surface area contributed by atoms with Crippen LogP contribution in [0.25, 0.3) is 0 Å². The number of carbonyl (C=O) groups is 7. The lowest BCUT2D eigenvalue weighted by Crippen LogP contribution is -2.57. The summed E-state index contributed by atoms with van der Waals surface area (Å²) in [4.78, 5) is 82.7. The summed E-state index contributed by atoms with van der Waals surface area (Å²) < 4.78 is 0. The molecule has 184 valence electrons. The molecule has 0 spiro atoms. The predicted octanol–water partition coefficient (Wildman–Crippen LogP) is -2.83. The summed E-state index contributed by atoms with van der Waals surface area (Å²) in [6.07, 6.45) is -2.24. The number of carboxylic acid groups (broad SMARTS) is 4. The van der Waals surface area contributed by atoms with Crippen LogP contribution in [0.1, 0.15) is 38.5 Å². The SMILES string of the molecule is NC(CC(=O)O)C(=O)NC(CCC(=O)O)C(=O)NC(CC(=O)O)C(=O)N1CCCC1C(=O)O. The fourth-order valence-corrected chi connectivity index (χ4v) is 3.23. The van der Waals surface area contributed by atoms with Gasteiger partial charge in [0.05, 0.1) is 18.9 Å². The number of carboxylic acids is 4. The van der Waals surface area contributed by atoms with Gasteiger partial charge in [0, 0.05) is 13.0 Å². The Balaban J connectivity index is 3.03. The summed E-state index contributed by atoms with van der Waals surface area (Å²) in [7, 11) is 0. The lowest BCUT2D eigenvalue weighted by Gasteiger charge is -2.28. The van der Waals surface area contributed by atoms with Gasteiger partial charge in [0.25, 0.3) is 0 Å². The van der Waals surface area contributed by atoms with Crippen LogP contribution in [0.4, 0.5) is 0 Å². The van der Waals surface area contributed by atoms with Crippen molar-refractivity contribution in [2.45, 2.75) is 62.7 Å². The van der Waals surface area contributed by atoms with Crippen LogP contribution in [0.2, 0.25) is 0 Å². The molecule has 0 aromatic carbocycles. The second-order valence-corrected chi connectivity index (χ2v) is 7.38. The van der Waals surface area contributed by atoms with Gasteiger partial charge in [-0.1, -0.05) is 0 Å². The van der Waals surface area contributed by atoms with Gasteiger partial charge in [0.1, 0.15) is 18.1 Å². The number of rotatable bonds is 13. The molecule has 4 atom stereocenters. The van der Waals surface area contributed by atoms with Gasteiger partial charge < -0.3 is 41.7 Å². The molecule has 0 saturated carbocycles. The molecule has 1 rings (SSSR count). The normalized spacial score (nSPS) is 18.0. The van der Waals surface area contributed by atoms with Gasteiger partial charge in [-0.15, -0.1) is 0 Å². The van der Waals surface area contributed by atoms with Crippen molar-refractivity contribution < 1.29 is 54.0 Å². The van der Waals surface area contributed by atoms with Crippen molar-refractivity contribution >= 4 is 41.6 Å².